The number of pyridine rings is 1. The van der Waals surface area contributed by atoms with Crippen LogP contribution in [-0.4, -0.2) is 54.4 Å². The number of benzene rings is 2. The van der Waals surface area contributed by atoms with Gasteiger partial charge in [0, 0.05) is 35.9 Å². The largest absolute Gasteiger partial charge is 0.386 e. The quantitative estimate of drug-likeness (QED) is 0.515. The maximum atomic E-state index is 12.9. The number of fused-ring (bicyclic) bond motifs is 1. The van der Waals surface area contributed by atoms with E-state index in [0.29, 0.717) is 22.5 Å². The first-order chi connectivity index (χ1) is 16.2. The minimum absolute atomic E-state index is 0.0486. The van der Waals surface area contributed by atoms with Crippen LogP contribution in [0.5, 0.6) is 0 Å². The van der Waals surface area contributed by atoms with Crippen LogP contribution in [0.3, 0.4) is 0 Å². The van der Waals surface area contributed by atoms with Crippen molar-refractivity contribution in [1.82, 2.24) is 9.88 Å². The van der Waals surface area contributed by atoms with Crippen LogP contribution in [0, 0.1) is 0 Å². The lowest BCUT2D eigenvalue weighted by atomic mass is 9.90. The van der Waals surface area contributed by atoms with Gasteiger partial charge in [0.05, 0.1) is 11.1 Å². The lowest BCUT2D eigenvalue weighted by molar-refractivity contribution is 0.0177. The Kier molecular flexibility index (Phi) is 6.63. The highest BCUT2D eigenvalue weighted by atomic mass is 32.2. The van der Waals surface area contributed by atoms with E-state index in [1.807, 2.05) is 0 Å². The van der Waals surface area contributed by atoms with Crippen molar-refractivity contribution in [1.29, 1.82) is 0 Å². The van der Waals surface area contributed by atoms with Gasteiger partial charge in [-0.1, -0.05) is 24.3 Å². The fourth-order valence-corrected chi connectivity index (χ4v) is 5.12. The van der Waals surface area contributed by atoms with Crippen molar-refractivity contribution in [3.05, 3.63) is 78.5 Å². The first-order valence-corrected chi connectivity index (χ1v) is 12.1. The van der Waals surface area contributed by atoms with Crippen molar-refractivity contribution < 1.29 is 27.1 Å². The first kappa shape index (κ1) is 23.8. The van der Waals surface area contributed by atoms with Gasteiger partial charge in [0.1, 0.15) is 4.90 Å². The van der Waals surface area contributed by atoms with E-state index in [9.17, 15) is 27.1 Å². The molecule has 0 spiro atoms. The molecule has 1 aliphatic rings. The average molecular weight is 488 g/mol. The van der Waals surface area contributed by atoms with Crippen molar-refractivity contribution in [2.45, 2.75) is 29.8 Å². The van der Waals surface area contributed by atoms with Gasteiger partial charge < -0.3 is 10.0 Å². The van der Waals surface area contributed by atoms with Crippen LogP contribution in [0.1, 0.15) is 23.2 Å². The molecule has 0 radical (unpaired) electrons. The number of hydrogen-bond donors (Lipinski definition) is 2. The molecule has 178 valence electrons. The number of allylic oxidation sites excluding steroid dienone is 1. The van der Waals surface area contributed by atoms with Crippen LogP contribution in [0.25, 0.3) is 10.9 Å². The van der Waals surface area contributed by atoms with Crippen LogP contribution in [0.4, 0.5) is 14.5 Å². The highest BCUT2D eigenvalue weighted by Crippen LogP contribution is 2.26. The van der Waals surface area contributed by atoms with E-state index in [2.05, 4.69) is 9.71 Å². The van der Waals surface area contributed by atoms with Crippen molar-refractivity contribution in [2.75, 3.05) is 17.8 Å². The molecule has 1 aliphatic heterocycles. The predicted molar refractivity (Wildman–Crippen MR) is 124 cm³/mol. The monoisotopic (exact) mass is 487 g/mol. The molecule has 0 saturated carbocycles. The summed E-state index contributed by atoms with van der Waals surface area (Å²) in [5.41, 5.74) is -0.359. The topological polar surface area (TPSA) is 99.6 Å². The molecule has 7 nitrogen and oxygen atoms in total. The van der Waals surface area contributed by atoms with Gasteiger partial charge in [-0.2, -0.15) is 0 Å². The number of amides is 1. The molecule has 3 aromatic rings. The zero-order valence-corrected chi connectivity index (χ0v) is 18.9. The van der Waals surface area contributed by atoms with E-state index < -0.39 is 22.0 Å². The Labute approximate surface area is 195 Å². The minimum Gasteiger partial charge on any atom is -0.386 e. The molecule has 1 saturated heterocycles. The van der Waals surface area contributed by atoms with Gasteiger partial charge in [-0.05, 0) is 55.3 Å². The van der Waals surface area contributed by atoms with Gasteiger partial charge in [-0.3, -0.25) is 14.5 Å². The van der Waals surface area contributed by atoms with E-state index in [-0.39, 0.29) is 42.4 Å². The molecule has 1 fully saturated rings. The summed E-state index contributed by atoms with van der Waals surface area (Å²) in [4.78, 5) is 18.6. The second kappa shape index (κ2) is 9.47. The number of hydrogen-bond acceptors (Lipinski definition) is 5. The van der Waals surface area contributed by atoms with E-state index in [4.69, 9.17) is 0 Å². The Morgan fingerprint density at radius 2 is 1.76 bits per heavy atom. The van der Waals surface area contributed by atoms with Crippen molar-refractivity contribution in [2.24, 2.45) is 0 Å². The van der Waals surface area contributed by atoms with Crippen LogP contribution in [0.15, 0.2) is 77.8 Å². The number of aromatic nitrogens is 1. The van der Waals surface area contributed by atoms with Gasteiger partial charge in [0.15, 0.2) is 0 Å². The molecule has 2 N–H and O–H groups in total. The number of piperidine rings is 1. The van der Waals surface area contributed by atoms with Gasteiger partial charge in [-0.25, -0.2) is 17.2 Å². The maximum Gasteiger partial charge on any atom is 0.264 e. The lowest BCUT2D eigenvalue weighted by Gasteiger charge is -2.36. The molecule has 4 rings (SSSR count). The number of para-hydroxylation sites is 1. The number of aliphatic hydroxyl groups is 1. The second-order valence-electron chi connectivity index (χ2n) is 8.10. The third-order valence-electron chi connectivity index (χ3n) is 5.74. The van der Waals surface area contributed by atoms with E-state index >= 15 is 0 Å². The molecule has 0 unspecified atom stereocenters. The van der Waals surface area contributed by atoms with Crippen LogP contribution in [0.2, 0.25) is 0 Å². The number of anilines is 1. The number of likely N-dealkylation sites (tertiary alicyclic amines) is 1. The standard InChI is InChI=1S/C24H23F2N3O4S/c25-21(26)10-11-24(31)12-15-29(16-13-24)23(30)18-6-8-19(9-7-18)28-34(32,33)20-5-1-3-17-4-2-14-27-22(17)20/h1-11,14,21,28,31H,12-13,15-16H2/b11-10+. The fourth-order valence-electron chi connectivity index (χ4n) is 3.88. The first-order valence-electron chi connectivity index (χ1n) is 10.6. The predicted octanol–water partition coefficient (Wildman–Crippen LogP) is 3.82. The number of carbonyl (C=O) groups excluding carboxylic acids is 1. The summed E-state index contributed by atoms with van der Waals surface area (Å²) in [5, 5.41) is 11.1. The molecular weight excluding hydrogens is 464 g/mol. The Morgan fingerprint density at radius 1 is 1.09 bits per heavy atom. The summed E-state index contributed by atoms with van der Waals surface area (Å²) in [6.07, 6.45) is 0.949. The van der Waals surface area contributed by atoms with Gasteiger partial charge in [0.2, 0.25) is 0 Å². The van der Waals surface area contributed by atoms with Crippen LogP contribution in [-0.2, 0) is 10.0 Å². The third kappa shape index (κ3) is 5.23. The normalized spacial score (nSPS) is 16.3. The maximum absolute atomic E-state index is 12.9. The summed E-state index contributed by atoms with van der Waals surface area (Å²) in [7, 11) is -3.91. The molecular formula is C24H23F2N3O4S. The number of nitrogens with zero attached hydrogens (tertiary/aromatic N) is 2. The van der Waals surface area contributed by atoms with Crippen molar-refractivity contribution >= 4 is 32.5 Å². The Morgan fingerprint density at radius 3 is 2.44 bits per heavy atom. The summed E-state index contributed by atoms with van der Waals surface area (Å²) >= 11 is 0. The van der Waals surface area contributed by atoms with Crippen LogP contribution < -0.4 is 4.72 Å². The number of sulfonamides is 1. The average Bonchev–Trinajstić information content (AvgIpc) is 2.83. The minimum atomic E-state index is -3.91. The molecule has 2 heterocycles. The van der Waals surface area contributed by atoms with Gasteiger partial charge in [-0.15, -0.1) is 0 Å². The zero-order chi connectivity index (χ0) is 24.3. The molecule has 2 aromatic carbocycles. The summed E-state index contributed by atoms with van der Waals surface area (Å²) in [6, 6.07) is 14.4. The Hall–Kier alpha value is -3.37. The molecule has 0 aliphatic carbocycles. The van der Waals surface area contributed by atoms with E-state index in [1.165, 1.54) is 41.4 Å². The smallest absolute Gasteiger partial charge is 0.264 e. The Balaban J connectivity index is 1.44. The van der Waals surface area contributed by atoms with E-state index in [1.54, 1.807) is 24.3 Å². The number of nitrogens with one attached hydrogen (secondary N) is 1. The highest BCUT2D eigenvalue weighted by Gasteiger charge is 2.32. The molecule has 34 heavy (non-hydrogen) atoms. The van der Waals surface area contributed by atoms with Gasteiger partial charge >= 0.3 is 0 Å². The molecule has 0 bridgehead atoms. The number of halogens is 2. The molecule has 1 amide bonds. The molecule has 0 atom stereocenters. The summed E-state index contributed by atoms with van der Waals surface area (Å²) < 4.78 is 53.1. The fraction of sp³-hybridized carbons (Fsp3) is 0.250. The molecule has 10 heteroatoms. The highest BCUT2D eigenvalue weighted by molar-refractivity contribution is 7.93. The summed E-state index contributed by atoms with van der Waals surface area (Å²) in [6.45, 7) is 0.427. The summed E-state index contributed by atoms with van der Waals surface area (Å²) in [5.74, 6) is -0.285. The number of alkyl halides is 2. The van der Waals surface area contributed by atoms with Crippen LogP contribution >= 0.6 is 0 Å². The van der Waals surface area contributed by atoms with Crippen molar-refractivity contribution in [3.63, 3.8) is 0 Å². The SMILES string of the molecule is O=C(c1ccc(NS(=O)(=O)c2cccc3cccnc23)cc1)N1CCC(O)(/C=C/C(F)F)CC1. The Bertz CT molecular complexity index is 1310. The second-order valence-corrected chi connectivity index (χ2v) is 9.75. The zero-order valence-electron chi connectivity index (χ0n) is 18.1. The third-order valence-corrected chi connectivity index (χ3v) is 7.15. The number of rotatable bonds is 6. The van der Waals surface area contributed by atoms with Gasteiger partial charge in [0.25, 0.3) is 22.4 Å². The number of carbonyl (C=O) groups is 1. The van der Waals surface area contributed by atoms with E-state index in [0.717, 1.165) is 6.08 Å². The lowest BCUT2D eigenvalue weighted by Crippen LogP contribution is -2.45. The molecule has 1 aromatic heterocycles. The van der Waals surface area contributed by atoms with Crippen molar-refractivity contribution in [3.8, 4) is 0 Å².